The van der Waals surface area contributed by atoms with Crippen LogP contribution in [0.25, 0.3) is 0 Å². The average Bonchev–Trinajstić information content (AvgIpc) is 2.83. The van der Waals surface area contributed by atoms with E-state index < -0.39 is 0 Å². The summed E-state index contributed by atoms with van der Waals surface area (Å²) in [5.74, 6) is 0.330. The number of piperidine rings is 1. The molecule has 134 valence electrons. The minimum atomic E-state index is 0.118. The van der Waals surface area contributed by atoms with Crippen LogP contribution < -0.4 is 0 Å². The van der Waals surface area contributed by atoms with Gasteiger partial charge in [0.15, 0.2) is 5.78 Å². The summed E-state index contributed by atoms with van der Waals surface area (Å²) in [6.07, 6.45) is 2.96. The van der Waals surface area contributed by atoms with Crippen LogP contribution in [0.5, 0.6) is 0 Å². The third-order valence-electron chi connectivity index (χ3n) is 5.29. The smallest absolute Gasteiger partial charge is 0.219 e. The number of amides is 1. The first-order chi connectivity index (χ1) is 11.3. The third-order valence-corrected chi connectivity index (χ3v) is 5.29. The van der Waals surface area contributed by atoms with Gasteiger partial charge in [-0.15, -0.1) is 0 Å². The first-order valence-corrected chi connectivity index (χ1v) is 9.00. The van der Waals surface area contributed by atoms with Gasteiger partial charge in [-0.1, -0.05) is 6.92 Å². The van der Waals surface area contributed by atoms with Crippen molar-refractivity contribution >= 4 is 11.7 Å². The highest BCUT2D eigenvalue weighted by Gasteiger charge is 2.26. The largest absolute Gasteiger partial charge is 0.348 e. The molecule has 5 heteroatoms. The van der Waals surface area contributed by atoms with Crippen LogP contribution in [0.4, 0.5) is 0 Å². The molecule has 1 fully saturated rings. The van der Waals surface area contributed by atoms with Crippen LogP contribution >= 0.6 is 0 Å². The molecule has 0 aliphatic carbocycles. The van der Waals surface area contributed by atoms with E-state index >= 15 is 0 Å². The van der Waals surface area contributed by atoms with Gasteiger partial charge in [0, 0.05) is 56.6 Å². The maximum Gasteiger partial charge on any atom is 0.219 e. The molecule has 2 rings (SSSR count). The lowest BCUT2D eigenvalue weighted by Gasteiger charge is -2.36. The summed E-state index contributed by atoms with van der Waals surface area (Å²) in [7, 11) is 1.87. The van der Waals surface area contributed by atoms with Crippen molar-refractivity contribution in [2.45, 2.75) is 59.5 Å². The van der Waals surface area contributed by atoms with Gasteiger partial charge in [-0.25, -0.2) is 0 Å². The number of likely N-dealkylation sites (tertiary alicyclic amines) is 1. The van der Waals surface area contributed by atoms with E-state index in [1.54, 1.807) is 6.92 Å². The minimum absolute atomic E-state index is 0.118. The number of hydrogen-bond acceptors (Lipinski definition) is 3. The van der Waals surface area contributed by atoms with Crippen LogP contribution in [0.1, 0.15) is 54.9 Å². The number of aryl methyl sites for hydroxylation is 1. The monoisotopic (exact) mass is 333 g/mol. The molecular weight excluding hydrogens is 302 g/mol. The van der Waals surface area contributed by atoms with E-state index in [1.807, 2.05) is 24.9 Å². The zero-order valence-corrected chi connectivity index (χ0v) is 15.8. The Morgan fingerprint density at radius 2 is 1.88 bits per heavy atom. The minimum Gasteiger partial charge on any atom is -0.348 e. The van der Waals surface area contributed by atoms with E-state index in [0.29, 0.717) is 12.6 Å². The Hall–Kier alpha value is -1.62. The number of rotatable bonds is 6. The molecule has 5 nitrogen and oxygen atoms in total. The standard InChI is InChI=1S/C19H31N3O2/c1-6-9-22-14(2)12-18(15(22)3)19(24)13-21-10-7-17(8-11-21)20(5)16(4)23/h12,17H,6-11,13H2,1-5H3. The Kier molecular flexibility index (Phi) is 6.21. The van der Waals surface area contributed by atoms with Gasteiger partial charge in [0.25, 0.3) is 0 Å². The fourth-order valence-corrected chi connectivity index (χ4v) is 3.66. The Morgan fingerprint density at radius 3 is 2.42 bits per heavy atom. The van der Waals surface area contributed by atoms with Gasteiger partial charge in [0.05, 0.1) is 6.54 Å². The second kappa shape index (κ2) is 7.97. The number of carbonyl (C=O) groups excluding carboxylic acids is 2. The Bertz CT molecular complexity index is 598. The van der Waals surface area contributed by atoms with Crippen LogP contribution in [0.15, 0.2) is 6.07 Å². The number of carbonyl (C=O) groups is 2. The zero-order valence-electron chi connectivity index (χ0n) is 15.8. The van der Waals surface area contributed by atoms with E-state index in [0.717, 1.165) is 50.2 Å². The quantitative estimate of drug-likeness (QED) is 0.752. The first-order valence-electron chi connectivity index (χ1n) is 9.00. The SMILES string of the molecule is CCCn1c(C)cc(C(=O)CN2CCC(N(C)C(C)=O)CC2)c1C. The van der Waals surface area contributed by atoms with Gasteiger partial charge < -0.3 is 9.47 Å². The molecule has 0 bridgehead atoms. The van der Waals surface area contributed by atoms with E-state index in [2.05, 4.69) is 23.3 Å². The summed E-state index contributed by atoms with van der Waals surface area (Å²) >= 11 is 0. The van der Waals surface area contributed by atoms with Crippen molar-refractivity contribution in [2.24, 2.45) is 0 Å². The van der Waals surface area contributed by atoms with Gasteiger partial charge in [-0.3, -0.25) is 14.5 Å². The first kappa shape index (κ1) is 18.7. The molecule has 0 radical (unpaired) electrons. The summed E-state index contributed by atoms with van der Waals surface area (Å²) in [5, 5.41) is 0. The second-order valence-corrected chi connectivity index (χ2v) is 7.00. The van der Waals surface area contributed by atoms with Gasteiger partial charge in [-0.2, -0.15) is 0 Å². The van der Waals surface area contributed by atoms with Crippen molar-refractivity contribution < 1.29 is 9.59 Å². The van der Waals surface area contributed by atoms with E-state index in [-0.39, 0.29) is 11.7 Å². The zero-order chi connectivity index (χ0) is 17.9. The topological polar surface area (TPSA) is 45.6 Å². The average molecular weight is 333 g/mol. The van der Waals surface area contributed by atoms with Crippen molar-refractivity contribution in [1.82, 2.24) is 14.4 Å². The van der Waals surface area contributed by atoms with Gasteiger partial charge in [-0.05, 0) is 39.2 Å². The molecule has 2 heterocycles. The normalized spacial score (nSPS) is 16.4. The highest BCUT2D eigenvalue weighted by Crippen LogP contribution is 2.19. The van der Waals surface area contributed by atoms with E-state index in [1.165, 1.54) is 5.69 Å². The lowest BCUT2D eigenvalue weighted by atomic mass is 10.0. The Balaban J connectivity index is 1.95. The van der Waals surface area contributed by atoms with Crippen LogP contribution in [-0.2, 0) is 11.3 Å². The Labute approximate surface area is 145 Å². The fourth-order valence-electron chi connectivity index (χ4n) is 3.66. The molecule has 0 unspecified atom stereocenters. The number of aromatic nitrogens is 1. The van der Waals surface area contributed by atoms with Crippen molar-refractivity contribution in [2.75, 3.05) is 26.7 Å². The molecule has 0 spiro atoms. The van der Waals surface area contributed by atoms with Crippen LogP contribution in [-0.4, -0.2) is 58.8 Å². The summed E-state index contributed by atoms with van der Waals surface area (Å²) in [5.41, 5.74) is 3.12. The molecule has 24 heavy (non-hydrogen) atoms. The molecule has 1 aliphatic rings. The van der Waals surface area contributed by atoms with Crippen LogP contribution in [0.2, 0.25) is 0 Å². The van der Waals surface area contributed by atoms with Gasteiger partial charge >= 0.3 is 0 Å². The maximum absolute atomic E-state index is 12.7. The van der Waals surface area contributed by atoms with Crippen molar-refractivity contribution in [3.05, 3.63) is 23.0 Å². The molecular formula is C19H31N3O2. The summed E-state index contributed by atoms with van der Waals surface area (Å²) in [6, 6.07) is 2.34. The van der Waals surface area contributed by atoms with Crippen molar-refractivity contribution in [3.8, 4) is 0 Å². The summed E-state index contributed by atoms with van der Waals surface area (Å²) < 4.78 is 2.24. The molecule has 1 saturated heterocycles. The predicted molar refractivity (Wildman–Crippen MR) is 96.4 cm³/mol. The maximum atomic E-state index is 12.7. The predicted octanol–water partition coefficient (Wildman–Crippen LogP) is 2.64. The van der Waals surface area contributed by atoms with E-state index in [4.69, 9.17) is 0 Å². The molecule has 0 saturated carbocycles. The number of ketones is 1. The van der Waals surface area contributed by atoms with Gasteiger partial charge in [0.2, 0.25) is 5.91 Å². The summed E-state index contributed by atoms with van der Waals surface area (Å²) in [6.45, 7) is 11.1. The Morgan fingerprint density at radius 1 is 1.25 bits per heavy atom. The highest BCUT2D eigenvalue weighted by atomic mass is 16.2. The fraction of sp³-hybridized carbons (Fsp3) is 0.684. The van der Waals surface area contributed by atoms with Crippen molar-refractivity contribution in [1.29, 1.82) is 0 Å². The molecule has 0 N–H and O–H groups in total. The number of nitrogens with zero attached hydrogens (tertiary/aromatic N) is 3. The number of Topliss-reactive ketones (excluding diaryl/α,β-unsaturated/α-hetero) is 1. The van der Waals surface area contributed by atoms with Crippen LogP contribution in [0.3, 0.4) is 0 Å². The second-order valence-electron chi connectivity index (χ2n) is 7.00. The highest BCUT2D eigenvalue weighted by molar-refractivity contribution is 5.99. The summed E-state index contributed by atoms with van der Waals surface area (Å²) in [4.78, 5) is 28.2. The molecule has 1 aromatic heterocycles. The molecule has 0 aromatic carbocycles. The molecule has 1 aromatic rings. The van der Waals surface area contributed by atoms with Crippen molar-refractivity contribution in [3.63, 3.8) is 0 Å². The van der Waals surface area contributed by atoms with E-state index in [9.17, 15) is 9.59 Å². The third kappa shape index (κ3) is 4.07. The molecule has 1 amide bonds. The van der Waals surface area contributed by atoms with Gasteiger partial charge in [0.1, 0.15) is 0 Å². The lowest BCUT2D eigenvalue weighted by Crippen LogP contribution is -2.46. The number of hydrogen-bond donors (Lipinski definition) is 0. The lowest BCUT2D eigenvalue weighted by molar-refractivity contribution is -0.130. The molecule has 0 atom stereocenters. The molecule has 1 aliphatic heterocycles. The van der Waals surface area contributed by atoms with Crippen LogP contribution in [0, 0.1) is 13.8 Å².